The zero-order valence-electron chi connectivity index (χ0n) is 11.1. The second kappa shape index (κ2) is 4.87. The molecule has 116 valence electrons. The lowest BCUT2D eigenvalue weighted by atomic mass is 10.3. The van der Waals surface area contributed by atoms with Gasteiger partial charge in [-0.3, -0.25) is 9.25 Å². The Morgan fingerprint density at radius 3 is 2.68 bits per heavy atom. The first-order valence-electron chi connectivity index (χ1n) is 6.08. The van der Waals surface area contributed by atoms with Crippen molar-refractivity contribution in [3.05, 3.63) is 29.6 Å². The van der Waals surface area contributed by atoms with Crippen molar-refractivity contribution in [2.45, 2.75) is 19.6 Å². The number of hydrogen-bond acceptors (Lipinski definition) is 4. The SMILES string of the molecule is Cc1nc(Cl)nc2cn(-c3cnn(CC(F)(F)F)c3)c(O)c12. The molecule has 0 aromatic carbocycles. The van der Waals surface area contributed by atoms with Crippen molar-refractivity contribution in [2.75, 3.05) is 0 Å². The number of nitrogens with zero attached hydrogens (tertiary/aromatic N) is 5. The monoisotopic (exact) mass is 331 g/mol. The Morgan fingerprint density at radius 1 is 1.27 bits per heavy atom. The summed E-state index contributed by atoms with van der Waals surface area (Å²) in [6.07, 6.45) is -0.520. The molecular formula is C12H9ClF3N5O. The van der Waals surface area contributed by atoms with E-state index in [-0.39, 0.29) is 16.9 Å². The largest absolute Gasteiger partial charge is 0.494 e. The third kappa shape index (κ3) is 2.59. The fourth-order valence-corrected chi connectivity index (χ4v) is 2.40. The Labute approximate surface area is 126 Å². The van der Waals surface area contributed by atoms with Crippen LogP contribution in [0.25, 0.3) is 16.6 Å². The molecule has 0 atom stereocenters. The molecule has 3 rings (SSSR count). The van der Waals surface area contributed by atoms with E-state index in [9.17, 15) is 18.3 Å². The second-order valence-electron chi connectivity index (χ2n) is 4.67. The molecule has 0 amide bonds. The quantitative estimate of drug-likeness (QED) is 0.733. The number of fused-ring (bicyclic) bond motifs is 1. The summed E-state index contributed by atoms with van der Waals surface area (Å²) in [4.78, 5) is 7.91. The minimum atomic E-state index is -4.37. The fourth-order valence-electron chi connectivity index (χ4n) is 2.18. The maximum absolute atomic E-state index is 12.3. The molecule has 0 bridgehead atoms. The van der Waals surface area contributed by atoms with Gasteiger partial charge in [-0.2, -0.15) is 18.3 Å². The van der Waals surface area contributed by atoms with Crippen molar-refractivity contribution in [2.24, 2.45) is 0 Å². The van der Waals surface area contributed by atoms with Gasteiger partial charge in [-0.1, -0.05) is 0 Å². The Bertz CT molecular complexity index is 854. The van der Waals surface area contributed by atoms with E-state index in [1.54, 1.807) is 6.92 Å². The van der Waals surface area contributed by atoms with Crippen LogP contribution in [-0.2, 0) is 6.54 Å². The highest BCUT2D eigenvalue weighted by atomic mass is 35.5. The third-order valence-corrected chi connectivity index (χ3v) is 3.20. The molecule has 6 nitrogen and oxygen atoms in total. The summed E-state index contributed by atoms with van der Waals surface area (Å²) in [7, 11) is 0. The van der Waals surface area contributed by atoms with Gasteiger partial charge in [0.25, 0.3) is 0 Å². The van der Waals surface area contributed by atoms with Gasteiger partial charge in [0.05, 0.1) is 28.5 Å². The minimum absolute atomic E-state index is 0.0231. The van der Waals surface area contributed by atoms with E-state index >= 15 is 0 Å². The van der Waals surface area contributed by atoms with Crippen LogP contribution < -0.4 is 0 Å². The molecule has 10 heteroatoms. The van der Waals surface area contributed by atoms with Crippen LogP contribution in [-0.4, -0.2) is 35.6 Å². The van der Waals surface area contributed by atoms with Gasteiger partial charge in [-0.25, -0.2) is 9.97 Å². The molecule has 0 spiro atoms. The molecule has 1 N–H and O–H groups in total. The van der Waals surface area contributed by atoms with Crippen LogP contribution in [0.15, 0.2) is 18.6 Å². The van der Waals surface area contributed by atoms with E-state index in [0.717, 1.165) is 4.68 Å². The Hall–Kier alpha value is -2.29. The lowest BCUT2D eigenvalue weighted by Crippen LogP contribution is -2.17. The fraction of sp³-hybridized carbons (Fsp3) is 0.250. The van der Waals surface area contributed by atoms with E-state index in [1.807, 2.05) is 0 Å². The van der Waals surface area contributed by atoms with Crippen LogP contribution in [0.2, 0.25) is 5.28 Å². The first-order chi connectivity index (χ1) is 10.2. The number of aromatic hydroxyl groups is 1. The molecule has 0 saturated carbocycles. The summed E-state index contributed by atoms with van der Waals surface area (Å²) in [6, 6.07) is 0. The predicted octanol–water partition coefficient (Wildman–Crippen LogP) is 2.85. The summed E-state index contributed by atoms with van der Waals surface area (Å²) in [5.74, 6) is -0.185. The lowest BCUT2D eigenvalue weighted by molar-refractivity contribution is -0.142. The summed E-state index contributed by atoms with van der Waals surface area (Å²) in [5.41, 5.74) is 1.13. The Kier molecular flexibility index (Phi) is 3.24. The standard InChI is InChI=1S/C12H9ClF3N5O/c1-6-9-8(19-11(13)18-6)4-21(10(9)22)7-2-17-20(3-7)5-12(14,15)16/h2-4,22H,5H2,1H3. The van der Waals surface area contributed by atoms with Crippen molar-refractivity contribution in [1.82, 2.24) is 24.3 Å². The van der Waals surface area contributed by atoms with Crippen LogP contribution in [0.5, 0.6) is 5.88 Å². The predicted molar refractivity (Wildman–Crippen MR) is 72.1 cm³/mol. The normalized spacial score (nSPS) is 12.2. The van der Waals surface area contributed by atoms with Gasteiger partial charge in [0.1, 0.15) is 6.54 Å². The average Bonchev–Trinajstić information content (AvgIpc) is 2.92. The molecule has 3 aromatic heterocycles. The number of hydrogen-bond donors (Lipinski definition) is 1. The van der Waals surface area contributed by atoms with Gasteiger partial charge in [0.15, 0.2) is 0 Å². The van der Waals surface area contributed by atoms with Crippen LogP contribution in [0.4, 0.5) is 13.2 Å². The van der Waals surface area contributed by atoms with Crippen molar-refractivity contribution in [3.63, 3.8) is 0 Å². The highest BCUT2D eigenvalue weighted by Gasteiger charge is 2.28. The first-order valence-corrected chi connectivity index (χ1v) is 6.46. The van der Waals surface area contributed by atoms with Crippen LogP contribution in [0.3, 0.4) is 0 Å². The van der Waals surface area contributed by atoms with Crippen LogP contribution in [0, 0.1) is 6.92 Å². The van der Waals surface area contributed by atoms with Crippen molar-refractivity contribution in [1.29, 1.82) is 0 Å². The Morgan fingerprint density at radius 2 is 2.00 bits per heavy atom. The number of aryl methyl sites for hydroxylation is 1. The number of alkyl halides is 3. The zero-order chi connectivity index (χ0) is 16.1. The lowest BCUT2D eigenvalue weighted by Gasteiger charge is -2.05. The van der Waals surface area contributed by atoms with Gasteiger partial charge >= 0.3 is 6.18 Å². The summed E-state index contributed by atoms with van der Waals surface area (Å²) < 4.78 is 39.1. The molecule has 0 unspecified atom stereocenters. The summed E-state index contributed by atoms with van der Waals surface area (Å²) in [6.45, 7) is 0.437. The van der Waals surface area contributed by atoms with Gasteiger partial charge in [0, 0.05) is 12.4 Å². The van der Waals surface area contributed by atoms with E-state index in [1.165, 1.54) is 23.2 Å². The number of halogens is 4. The molecule has 0 aliphatic heterocycles. The molecule has 3 heterocycles. The minimum Gasteiger partial charge on any atom is -0.494 e. The van der Waals surface area contributed by atoms with Crippen LogP contribution >= 0.6 is 11.6 Å². The van der Waals surface area contributed by atoms with Gasteiger partial charge in [-0.05, 0) is 18.5 Å². The highest BCUT2D eigenvalue weighted by Crippen LogP contribution is 2.31. The Balaban J connectivity index is 2.07. The smallest absolute Gasteiger partial charge is 0.408 e. The second-order valence-corrected chi connectivity index (χ2v) is 5.01. The van der Waals surface area contributed by atoms with E-state index in [2.05, 4.69) is 15.1 Å². The average molecular weight is 332 g/mol. The molecule has 0 radical (unpaired) electrons. The molecule has 22 heavy (non-hydrogen) atoms. The van der Waals surface area contributed by atoms with Crippen molar-refractivity contribution < 1.29 is 18.3 Å². The molecule has 3 aromatic rings. The number of rotatable bonds is 2. The molecular weight excluding hydrogens is 323 g/mol. The molecule has 0 fully saturated rings. The zero-order valence-corrected chi connectivity index (χ0v) is 11.9. The van der Waals surface area contributed by atoms with E-state index < -0.39 is 12.7 Å². The van der Waals surface area contributed by atoms with Crippen LogP contribution in [0.1, 0.15) is 5.69 Å². The summed E-state index contributed by atoms with van der Waals surface area (Å²) >= 11 is 5.75. The maximum atomic E-state index is 12.3. The van der Waals surface area contributed by atoms with E-state index in [4.69, 9.17) is 11.6 Å². The topological polar surface area (TPSA) is 68.8 Å². The van der Waals surface area contributed by atoms with Gasteiger partial charge < -0.3 is 5.11 Å². The van der Waals surface area contributed by atoms with Gasteiger partial charge in [0.2, 0.25) is 11.2 Å². The maximum Gasteiger partial charge on any atom is 0.408 e. The molecule has 0 saturated heterocycles. The van der Waals surface area contributed by atoms with Crippen molar-refractivity contribution >= 4 is 22.5 Å². The van der Waals surface area contributed by atoms with Gasteiger partial charge in [-0.15, -0.1) is 0 Å². The van der Waals surface area contributed by atoms with E-state index in [0.29, 0.717) is 16.6 Å². The summed E-state index contributed by atoms with van der Waals surface area (Å²) in [5, 5.41) is 14.3. The highest BCUT2D eigenvalue weighted by molar-refractivity contribution is 6.28. The third-order valence-electron chi connectivity index (χ3n) is 3.03. The molecule has 0 aliphatic rings. The van der Waals surface area contributed by atoms with Crippen molar-refractivity contribution in [3.8, 4) is 11.6 Å². The number of aromatic nitrogens is 5. The molecule has 0 aliphatic carbocycles. The first kappa shape index (κ1) is 14.6.